The largest absolute Gasteiger partial charge is 0.417 e. The predicted molar refractivity (Wildman–Crippen MR) is 78.2 cm³/mol. The van der Waals surface area contributed by atoms with Gasteiger partial charge in [0.1, 0.15) is 6.54 Å². The molecule has 7 heteroatoms. The number of para-hydroxylation sites is 1. The van der Waals surface area contributed by atoms with Crippen LogP contribution in [0.2, 0.25) is 0 Å². The van der Waals surface area contributed by atoms with Crippen molar-refractivity contribution >= 4 is 11.6 Å². The molecule has 0 spiro atoms. The number of amides is 1. The van der Waals surface area contributed by atoms with E-state index >= 15 is 0 Å². The van der Waals surface area contributed by atoms with E-state index in [-0.39, 0.29) is 0 Å². The summed E-state index contributed by atoms with van der Waals surface area (Å²) in [5.41, 5.74) is 0.167. The monoisotopic (exact) mass is 322 g/mol. The summed E-state index contributed by atoms with van der Waals surface area (Å²) in [6.45, 7) is 0.0446. The van der Waals surface area contributed by atoms with Gasteiger partial charge in [-0.3, -0.25) is 9.59 Å². The Bertz CT molecular complexity index is 811. The molecule has 23 heavy (non-hydrogen) atoms. The molecule has 1 aromatic carbocycles. The Morgan fingerprint density at radius 2 is 1.87 bits per heavy atom. The number of carbonyl (C=O) groups excluding carboxylic acids is 1. The molecule has 1 amide bonds. The van der Waals surface area contributed by atoms with Crippen molar-refractivity contribution in [2.45, 2.75) is 19.1 Å². The predicted octanol–water partition coefficient (Wildman–Crippen LogP) is 2.46. The molecule has 0 saturated carbocycles. The highest BCUT2D eigenvalue weighted by Crippen LogP contribution is 2.29. The van der Waals surface area contributed by atoms with Gasteiger partial charge in [-0.15, -0.1) is 0 Å². The first-order valence-corrected chi connectivity index (χ1v) is 7.02. The van der Waals surface area contributed by atoms with Crippen LogP contribution in [0.25, 0.3) is 0 Å². The minimum Gasteiger partial charge on any atom is -0.310 e. The molecule has 2 aromatic rings. The highest BCUT2D eigenvalue weighted by atomic mass is 19.4. The first-order chi connectivity index (χ1) is 10.9. The topological polar surface area (TPSA) is 42.3 Å². The minimum atomic E-state index is -4.56. The van der Waals surface area contributed by atoms with Gasteiger partial charge in [0.15, 0.2) is 0 Å². The molecule has 1 aromatic heterocycles. The summed E-state index contributed by atoms with van der Waals surface area (Å²) >= 11 is 0. The van der Waals surface area contributed by atoms with Crippen molar-refractivity contribution in [1.29, 1.82) is 0 Å². The van der Waals surface area contributed by atoms with E-state index in [0.717, 1.165) is 21.9 Å². The maximum atomic E-state index is 12.7. The van der Waals surface area contributed by atoms with Crippen molar-refractivity contribution in [2.24, 2.45) is 0 Å². The van der Waals surface area contributed by atoms with E-state index in [2.05, 4.69) is 0 Å². The highest BCUT2D eigenvalue weighted by molar-refractivity contribution is 5.95. The third-order valence-electron chi connectivity index (χ3n) is 3.80. The number of aromatic nitrogens is 1. The molecule has 1 aliphatic heterocycles. The number of hydrogen-bond donors (Lipinski definition) is 0. The summed E-state index contributed by atoms with van der Waals surface area (Å²) in [4.78, 5) is 25.6. The van der Waals surface area contributed by atoms with E-state index in [1.54, 1.807) is 12.1 Å². The van der Waals surface area contributed by atoms with Gasteiger partial charge in [-0.25, -0.2) is 0 Å². The maximum Gasteiger partial charge on any atom is 0.417 e. The number of carbonyl (C=O) groups is 1. The molecule has 0 radical (unpaired) electrons. The molecule has 0 unspecified atom stereocenters. The summed E-state index contributed by atoms with van der Waals surface area (Å²) in [6, 6.07) is 8.89. The SMILES string of the molecule is O=C(Cn1cc(C(F)(F)F)ccc1=O)N1CCc2ccccc21. The molecular weight excluding hydrogens is 309 g/mol. The van der Waals surface area contributed by atoms with E-state index in [4.69, 9.17) is 0 Å². The summed E-state index contributed by atoms with van der Waals surface area (Å²) in [7, 11) is 0. The maximum absolute atomic E-state index is 12.7. The van der Waals surface area contributed by atoms with Gasteiger partial charge in [-0.1, -0.05) is 18.2 Å². The quantitative estimate of drug-likeness (QED) is 0.852. The molecule has 120 valence electrons. The number of fused-ring (bicyclic) bond motifs is 1. The van der Waals surface area contributed by atoms with Gasteiger partial charge in [0.05, 0.1) is 5.56 Å². The smallest absolute Gasteiger partial charge is 0.310 e. The molecule has 0 aliphatic carbocycles. The Kier molecular flexibility index (Phi) is 3.71. The molecule has 4 nitrogen and oxygen atoms in total. The van der Waals surface area contributed by atoms with E-state index in [1.165, 1.54) is 4.90 Å². The van der Waals surface area contributed by atoms with Crippen molar-refractivity contribution in [1.82, 2.24) is 4.57 Å². The summed E-state index contributed by atoms with van der Waals surface area (Å²) in [5.74, 6) is -0.406. The molecule has 0 atom stereocenters. The molecule has 1 aliphatic rings. The van der Waals surface area contributed by atoms with Gasteiger partial charge in [0.25, 0.3) is 5.56 Å². The number of anilines is 1. The average Bonchev–Trinajstić information content (AvgIpc) is 2.92. The number of alkyl halides is 3. The zero-order valence-electron chi connectivity index (χ0n) is 12.0. The summed E-state index contributed by atoms with van der Waals surface area (Å²) in [6.07, 6.45) is -3.18. The number of hydrogen-bond acceptors (Lipinski definition) is 2. The van der Waals surface area contributed by atoms with Crippen molar-refractivity contribution in [3.05, 3.63) is 64.1 Å². The average molecular weight is 322 g/mol. The fourth-order valence-corrected chi connectivity index (χ4v) is 2.65. The fraction of sp³-hybridized carbons (Fsp3) is 0.250. The normalized spacial score (nSPS) is 14.0. The molecule has 0 bridgehead atoms. The molecular formula is C16H13F3N2O2. The van der Waals surface area contributed by atoms with Crippen LogP contribution < -0.4 is 10.5 Å². The lowest BCUT2D eigenvalue weighted by atomic mass is 10.2. The van der Waals surface area contributed by atoms with Crippen LogP contribution in [0.1, 0.15) is 11.1 Å². The number of benzene rings is 1. The standard InChI is InChI=1S/C16H13F3N2O2/c17-16(18,19)12-5-6-14(22)20(9-12)10-15(23)21-8-7-11-3-1-2-4-13(11)21/h1-6,9H,7-8,10H2. The Morgan fingerprint density at radius 1 is 1.13 bits per heavy atom. The van der Waals surface area contributed by atoms with E-state index < -0.39 is 29.8 Å². The number of nitrogens with zero attached hydrogens (tertiary/aromatic N) is 2. The van der Waals surface area contributed by atoms with Crippen LogP contribution in [-0.4, -0.2) is 17.0 Å². The first kappa shape index (κ1) is 15.3. The summed E-state index contributed by atoms with van der Waals surface area (Å²) < 4.78 is 39.0. The summed E-state index contributed by atoms with van der Waals surface area (Å²) in [5, 5.41) is 0. The van der Waals surface area contributed by atoms with Crippen LogP contribution in [0.15, 0.2) is 47.4 Å². The second-order valence-electron chi connectivity index (χ2n) is 5.31. The Labute approximate surface area is 129 Å². The lowest BCUT2D eigenvalue weighted by Crippen LogP contribution is -2.35. The van der Waals surface area contributed by atoms with Crippen LogP contribution in [0.5, 0.6) is 0 Å². The number of rotatable bonds is 2. The molecule has 2 heterocycles. The van der Waals surface area contributed by atoms with Crippen molar-refractivity contribution in [3.8, 4) is 0 Å². The number of pyridine rings is 1. The first-order valence-electron chi connectivity index (χ1n) is 7.02. The zero-order chi connectivity index (χ0) is 16.6. The Hall–Kier alpha value is -2.57. The lowest BCUT2D eigenvalue weighted by molar-refractivity contribution is -0.138. The molecule has 0 N–H and O–H groups in total. The van der Waals surface area contributed by atoms with E-state index in [9.17, 15) is 22.8 Å². The van der Waals surface area contributed by atoms with Gasteiger partial charge >= 0.3 is 6.18 Å². The van der Waals surface area contributed by atoms with Crippen LogP contribution in [0.3, 0.4) is 0 Å². The van der Waals surface area contributed by atoms with Crippen molar-refractivity contribution in [3.63, 3.8) is 0 Å². The van der Waals surface area contributed by atoms with Gasteiger partial charge in [0, 0.05) is 24.5 Å². The molecule has 3 rings (SSSR count). The Morgan fingerprint density at radius 3 is 2.61 bits per heavy atom. The van der Waals surface area contributed by atoms with Gasteiger partial charge < -0.3 is 9.47 Å². The van der Waals surface area contributed by atoms with Gasteiger partial charge in [0.2, 0.25) is 5.91 Å². The van der Waals surface area contributed by atoms with E-state index in [1.807, 2.05) is 12.1 Å². The molecule has 0 fully saturated rings. The lowest BCUT2D eigenvalue weighted by Gasteiger charge is -2.18. The zero-order valence-corrected chi connectivity index (χ0v) is 12.0. The van der Waals surface area contributed by atoms with Gasteiger partial charge in [-0.05, 0) is 24.1 Å². The third-order valence-corrected chi connectivity index (χ3v) is 3.80. The fourth-order valence-electron chi connectivity index (χ4n) is 2.65. The Balaban J connectivity index is 1.86. The minimum absolute atomic E-state index is 0.406. The van der Waals surface area contributed by atoms with Crippen molar-refractivity contribution < 1.29 is 18.0 Å². The van der Waals surface area contributed by atoms with Crippen LogP contribution in [0, 0.1) is 0 Å². The second-order valence-corrected chi connectivity index (χ2v) is 5.31. The van der Waals surface area contributed by atoms with Crippen molar-refractivity contribution in [2.75, 3.05) is 11.4 Å². The highest BCUT2D eigenvalue weighted by Gasteiger charge is 2.31. The van der Waals surface area contributed by atoms with Crippen LogP contribution in [0.4, 0.5) is 18.9 Å². The van der Waals surface area contributed by atoms with Crippen LogP contribution in [-0.2, 0) is 23.9 Å². The third kappa shape index (κ3) is 2.99. The second kappa shape index (κ2) is 5.57. The van der Waals surface area contributed by atoms with Crippen LogP contribution >= 0.6 is 0 Å². The van der Waals surface area contributed by atoms with E-state index in [0.29, 0.717) is 25.2 Å². The number of halogens is 3. The molecule has 0 saturated heterocycles. The van der Waals surface area contributed by atoms with Gasteiger partial charge in [-0.2, -0.15) is 13.2 Å².